The van der Waals surface area contributed by atoms with E-state index >= 15 is 0 Å². The molecule has 0 aliphatic carbocycles. The Morgan fingerprint density at radius 1 is 0.583 bits per heavy atom. The van der Waals surface area contributed by atoms with Gasteiger partial charge in [-0.2, -0.15) is 0 Å². The molecule has 7 rings (SSSR count). The molecule has 0 fully saturated rings. The average Bonchev–Trinajstić information content (AvgIpc) is 3.46. The van der Waals surface area contributed by atoms with Gasteiger partial charge in [0.2, 0.25) is 0 Å². The van der Waals surface area contributed by atoms with Crippen LogP contribution in [0, 0.1) is 0 Å². The molecule has 4 heterocycles. The molecule has 0 aliphatic heterocycles. The van der Waals surface area contributed by atoms with Gasteiger partial charge < -0.3 is 18.6 Å². The van der Waals surface area contributed by atoms with Crippen molar-refractivity contribution in [2.24, 2.45) is 0 Å². The third-order valence-corrected chi connectivity index (χ3v) is 6.78. The standard InChI is InChI=1S/C30H22N4O2/c1-35-21-10-5-8-19(16-21)33-25-13-4-3-12-23(25)24-18-32-28-27-26(14-7-15-31-27)34(30(28)29(24)33)20-9-6-11-22(17-20)36-2/h3-18H,1-2H3. The van der Waals surface area contributed by atoms with E-state index in [1.54, 1.807) is 14.2 Å². The summed E-state index contributed by atoms with van der Waals surface area (Å²) in [6.07, 6.45) is 3.79. The van der Waals surface area contributed by atoms with Crippen LogP contribution in [-0.4, -0.2) is 33.3 Å². The lowest BCUT2D eigenvalue weighted by atomic mass is 10.2. The largest absolute Gasteiger partial charge is 0.497 e. The first-order valence-electron chi connectivity index (χ1n) is 11.7. The van der Waals surface area contributed by atoms with E-state index in [0.29, 0.717) is 0 Å². The molecular formula is C30H22N4O2. The van der Waals surface area contributed by atoms with Gasteiger partial charge in [-0.1, -0.05) is 30.3 Å². The molecule has 0 aliphatic rings. The fraction of sp³-hybridized carbons (Fsp3) is 0.0667. The molecule has 0 amide bonds. The van der Waals surface area contributed by atoms with E-state index in [-0.39, 0.29) is 0 Å². The highest BCUT2D eigenvalue weighted by Gasteiger charge is 2.22. The second-order valence-corrected chi connectivity index (χ2v) is 8.68. The molecule has 0 radical (unpaired) electrons. The van der Waals surface area contributed by atoms with Crippen LogP contribution in [0.4, 0.5) is 0 Å². The zero-order chi connectivity index (χ0) is 24.2. The molecule has 0 bridgehead atoms. The maximum absolute atomic E-state index is 5.58. The van der Waals surface area contributed by atoms with Crippen molar-refractivity contribution in [1.82, 2.24) is 19.1 Å². The highest BCUT2D eigenvalue weighted by atomic mass is 16.5. The molecule has 0 spiro atoms. The number of hydrogen-bond donors (Lipinski definition) is 0. The predicted octanol–water partition coefficient (Wildman–Crippen LogP) is 6.69. The van der Waals surface area contributed by atoms with Crippen LogP contribution in [0.25, 0.3) is 55.2 Å². The fourth-order valence-electron chi connectivity index (χ4n) is 5.23. The highest BCUT2D eigenvalue weighted by molar-refractivity contribution is 6.21. The number of rotatable bonds is 4. The van der Waals surface area contributed by atoms with Crippen LogP contribution in [0.3, 0.4) is 0 Å². The average molecular weight is 471 g/mol. The topological polar surface area (TPSA) is 54.1 Å². The predicted molar refractivity (Wildman–Crippen MR) is 144 cm³/mol. The number of ether oxygens (including phenoxy) is 2. The van der Waals surface area contributed by atoms with Crippen LogP contribution in [0.15, 0.2) is 97.3 Å². The van der Waals surface area contributed by atoms with Gasteiger partial charge in [0.15, 0.2) is 0 Å². The van der Waals surface area contributed by atoms with Crippen molar-refractivity contribution >= 4 is 43.9 Å². The van der Waals surface area contributed by atoms with Crippen molar-refractivity contribution in [3.05, 3.63) is 97.3 Å². The van der Waals surface area contributed by atoms with Gasteiger partial charge in [-0.3, -0.25) is 9.97 Å². The minimum atomic E-state index is 0.792. The molecule has 0 saturated carbocycles. The quantitative estimate of drug-likeness (QED) is 0.288. The Kier molecular flexibility index (Phi) is 4.48. The molecule has 4 aromatic heterocycles. The number of nitrogens with zero attached hydrogens (tertiary/aromatic N) is 4. The van der Waals surface area contributed by atoms with Gasteiger partial charge >= 0.3 is 0 Å². The molecule has 0 saturated heterocycles. The Morgan fingerprint density at radius 2 is 1.25 bits per heavy atom. The molecule has 0 unspecified atom stereocenters. The molecule has 6 nitrogen and oxygen atoms in total. The van der Waals surface area contributed by atoms with Crippen molar-refractivity contribution < 1.29 is 9.47 Å². The molecule has 174 valence electrons. The number of methoxy groups -OCH3 is 2. The van der Waals surface area contributed by atoms with Gasteiger partial charge in [-0.25, -0.2) is 0 Å². The van der Waals surface area contributed by atoms with Gasteiger partial charge in [0.25, 0.3) is 0 Å². The van der Waals surface area contributed by atoms with E-state index < -0.39 is 0 Å². The lowest BCUT2D eigenvalue weighted by molar-refractivity contribution is 0.414. The summed E-state index contributed by atoms with van der Waals surface area (Å²) >= 11 is 0. The smallest absolute Gasteiger partial charge is 0.120 e. The van der Waals surface area contributed by atoms with Crippen molar-refractivity contribution in [2.75, 3.05) is 14.2 Å². The Hall–Kier alpha value is -4.84. The second kappa shape index (κ2) is 7.85. The zero-order valence-electron chi connectivity index (χ0n) is 19.8. The number of fused-ring (bicyclic) bond motifs is 7. The lowest BCUT2D eigenvalue weighted by Crippen LogP contribution is -1.99. The first-order valence-corrected chi connectivity index (χ1v) is 11.7. The minimum Gasteiger partial charge on any atom is -0.497 e. The normalized spacial score (nSPS) is 11.6. The summed E-state index contributed by atoms with van der Waals surface area (Å²) in [6, 6.07) is 28.8. The Balaban J connectivity index is 1.74. The molecule has 3 aromatic carbocycles. The lowest BCUT2D eigenvalue weighted by Gasteiger charge is -2.13. The Morgan fingerprint density at radius 3 is 1.97 bits per heavy atom. The van der Waals surface area contributed by atoms with Crippen molar-refractivity contribution in [3.63, 3.8) is 0 Å². The van der Waals surface area contributed by atoms with Crippen molar-refractivity contribution in [3.8, 4) is 22.9 Å². The highest BCUT2D eigenvalue weighted by Crippen LogP contribution is 2.40. The first-order chi connectivity index (χ1) is 17.8. The van der Waals surface area contributed by atoms with Crippen molar-refractivity contribution in [2.45, 2.75) is 0 Å². The fourth-order valence-corrected chi connectivity index (χ4v) is 5.23. The van der Waals surface area contributed by atoms with Gasteiger partial charge in [0, 0.05) is 41.0 Å². The van der Waals surface area contributed by atoms with Gasteiger partial charge in [0.1, 0.15) is 22.5 Å². The van der Waals surface area contributed by atoms with Crippen molar-refractivity contribution in [1.29, 1.82) is 0 Å². The molecular weight excluding hydrogens is 448 g/mol. The van der Waals surface area contributed by atoms with E-state index in [4.69, 9.17) is 19.4 Å². The van der Waals surface area contributed by atoms with E-state index in [1.807, 2.05) is 48.8 Å². The van der Waals surface area contributed by atoms with Gasteiger partial charge in [0.05, 0.1) is 42.0 Å². The number of hydrogen-bond acceptors (Lipinski definition) is 4. The zero-order valence-corrected chi connectivity index (χ0v) is 19.8. The third kappa shape index (κ3) is 2.84. The number of para-hydroxylation sites is 1. The number of pyridine rings is 2. The summed E-state index contributed by atoms with van der Waals surface area (Å²) in [7, 11) is 3.38. The molecule has 0 atom stereocenters. The van der Waals surface area contributed by atoms with Crippen LogP contribution >= 0.6 is 0 Å². The van der Waals surface area contributed by atoms with E-state index in [9.17, 15) is 0 Å². The van der Waals surface area contributed by atoms with E-state index in [0.717, 1.165) is 66.7 Å². The minimum absolute atomic E-state index is 0.792. The molecule has 0 N–H and O–H groups in total. The Labute approximate surface area is 207 Å². The van der Waals surface area contributed by atoms with Crippen LogP contribution in [0.5, 0.6) is 11.5 Å². The SMILES string of the molecule is COc1cccc(-n2c3ccccc3c3cnc4c5ncccc5n(-c5cccc(OC)c5)c4c32)c1. The monoisotopic (exact) mass is 470 g/mol. The molecule has 7 aromatic rings. The van der Waals surface area contributed by atoms with Crippen LogP contribution < -0.4 is 9.47 Å². The second-order valence-electron chi connectivity index (χ2n) is 8.68. The summed E-state index contributed by atoms with van der Waals surface area (Å²) in [6.45, 7) is 0. The summed E-state index contributed by atoms with van der Waals surface area (Å²) in [5, 5.41) is 2.22. The first kappa shape index (κ1) is 20.5. The summed E-state index contributed by atoms with van der Waals surface area (Å²) in [5.74, 6) is 1.60. The number of benzene rings is 3. The van der Waals surface area contributed by atoms with Crippen LogP contribution in [-0.2, 0) is 0 Å². The summed E-state index contributed by atoms with van der Waals surface area (Å²) in [5.41, 5.74) is 7.87. The van der Waals surface area contributed by atoms with E-state index in [1.165, 1.54) is 0 Å². The molecule has 6 heteroatoms. The third-order valence-electron chi connectivity index (χ3n) is 6.78. The van der Waals surface area contributed by atoms with E-state index in [2.05, 4.69) is 57.7 Å². The molecule has 36 heavy (non-hydrogen) atoms. The summed E-state index contributed by atoms with van der Waals surface area (Å²) in [4.78, 5) is 9.71. The van der Waals surface area contributed by atoms with Crippen LogP contribution in [0.2, 0.25) is 0 Å². The number of aromatic nitrogens is 4. The van der Waals surface area contributed by atoms with Gasteiger partial charge in [-0.05, 0) is 42.5 Å². The maximum atomic E-state index is 5.58. The maximum Gasteiger partial charge on any atom is 0.120 e. The Bertz CT molecular complexity index is 1790. The van der Waals surface area contributed by atoms with Gasteiger partial charge in [-0.15, -0.1) is 0 Å². The van der Waals surface area contributed by atoms with Crippen LogP contribution in [0.1, 0.15) is 0 Å². The summed E-state index contributed by atoms with van der Waals surface area (Å²) < 4.78 is 15.7.